The molecule has 0 radical (unpaired) electrons. The van der Waals surface area contributed by atoms with E-state index in [-0.39, 0.29) is 17.5 Å². The average Bonchev–Trinajstić information content (AvgIpc) is 3.32. The normalized spacial score (nSPS) is 14.0. The summed E-state index contributed by atoms with van der Waals surface area (Å²) < 4.78 is 5.40. The molecule has 6 heteroatoms. The first kappa shape index (κ1) is 19.0. The van der Waals surface area contributed by atoms with Gasteiger partial charge in [-0.3, -0.25) is 9.59 Å². The molecule has 0 aliphatic carbocycles. The van der Waals surface area contributed by atoms with Crippen molar-refractivity contribution in [3.05, 3.63) is 81.7 Å². The van der Waals surface area contributed by atoms with Crippen molar-refractivity contribution in [1.29, 1.82) is 0 Å². The van der Waals surface area contributed by atoms with E-state index in [4.69, 9.17) is 4.74 Å². The van der Waals surface area contributed by atoms with Crippen LogP contribution in [0.5, 0.6) is 5.75 Å². The second-order valence-corrected chi connectivity index (χ2v) is 7.74. The zero-order valence-electron chi connectivity index (χ0n) is 16.4. The number of methoxy groups -OCH3 is 1. The maximum absolute atomic E-state index is 13.4. The molecule has 29 heavy (non-hydrogen) atoms. The summed E-state index contributed by atoms with van der Waals surface area (Å²) in [7, 11) is 1.57. The molecule has 0 saturated heterocycles. The molecule has 1 aromatic heterocycles. The number of amides is 2. The van der Waals surface area contributed by atoms with Crippen LogP contribution in [0.4, 0.5) is 11.4 Å². The number of carbonyl (C=O) groups excluding carboxylic acids is 2. The van der Waals surface area contributed by atoms with Gasteiger partial charge in [0.15, 0.2) is 0 Å². The minimum Gasteiger partial charge on any atom is -0.495 e. The summed E-state index contributed by atoms with van der Waals surface area (Å²) in [5, 5.41) is 5.05. The highest BCUT2D eigenvalue weighted by molar-refractivity contribution is 7.11. The Labute approximate surface area is 173 Å². The third-order valence-corrected chi connectivity index (χ3v) is 5.71. The fourth-order valence-electron chi connectivity index (χ4n) is 3.36. The van der Waals surface area contributed by atoms with E-state index in [1.807, 2.05) is 67.8 Å². The number of imide groups is 1. The van der Waals surface area contributed by atoms with Crippen LogP contribution in [0.2, 0.25) is 0 Å². The van der Waals surface area contributed by atoms with Crippen molar-refractivity contribution in [1.82, 2.24) is 0 Å². The Morgan fingerprint density at radius 3 is 2.48 bits per heavy atom. The molecule has 4 rings (SSSR count). The van der Waals surface area contributed by atoms with Gasteiger partial charge in [-0.25, -0.2) is 4.90 Å². The van der Waals surface area contributed by atoms with Crippen molar-refractivity contribution in [2.75, 3.05) is 17.3 Å². The topological polar surface area (TPSA) is 58.6 Å². The number of rotatable bonds is 5. The Kier molecular flexibility index (Phi) is 4.94. The molecule has 1 aliphatic rings. The van der Waals surface area contributed by atoms with E-state index in [0.717, 1.165) is 16.0 Å². The highest BCUT2D eigenvalue weighted by Crippen LogP contribution is 2.38. The molecular weight excluding hydrogens is 384 g/mol. The van der Waals surface area contributed by atoms with Crippen LogP contribution in [0.1, 0.15) is 16.0 Å². The lowest BCUT2D eigenvalue weighted by atomic mass is 10.1. The number of thiophene rings is 1. The molecule has 5 nitrogen and oxygen atoms in total. The minimum absolute atomic E-state index is 0.253. The maximum atomic E-state index is 13.4. The highest BCUT2D eigenvalue weighted by atomic mass is 32.1. The Morgan fingerprint density at radius 2 is 1.76 bits per heavy atom. The molecule has 2 aromatic carbocycles. The SMILES string of the molecule is COc1ccccc1NC1=C(c2cccs2)C(=O)N(c2cc(C)ccc2C)C1=O. The van der Waals surface area contributed by atoms with Crippen LogP contribution in [0, 0.1) is 13.8 Å². The van der Waals surface area contributed by atoms with Crippen molar-refractivity contribution in [2.45, 2.75) is 13.8 Å². The highest BCUT2D eigenvalue weighted by Gasteiger charge is 2.41. The Balaban J connectivity index is 1.84. The van der Waals surface area contributed by atoms with Crippen LogP contribution in [0.15, 0.2) is 65.7 Å². The van der Waals surface area contributed by atoms with E-state index >= 15 is 0 Å². The van der Waals surface area contributed by atoms with Crippen LogP contribution < -0.4 is 15.0 Å². The zero-order valence-corrected chi connectivity index (χ0v) is 17.2. The van der Waals surface area contributed by atoms with Gasteiger partial charge in [0.05, 0.1) is 24.1 Å². The second kappa shape index (κ2) is 7.56. The lowest BCUT2D eigenvalue weighted by Gasteiger charge is -2.18. The number of ether oxygens (including phenoxy) is 1. The van der Waals surface area contributed by atoms with E-state index in [0.29, 0.717) is 22.7 Å². The summed E-state index contributed by atoms with van der Waals surface area (Å²) in [6, 6.07) is 16.8. The van der Waals surface area contributed by atoms with Gasteiger partial charge >= 0.3 is 0 Å². The predicted molar refractivity (Wildman–Crippen MR) is 116 cm³/mol. The Bertz CT molecular complexity index is 1130. The first-order chi connectivity index (χ1) is 14.0. The van der Waals surface area contributed by atoms with Crippen molar-refractivity contribution < 1.29 is 14.3 Å². The van der Waals surface area contributed by atoms with Crippen molar-refractivity contribution >= 4 is 40.1 Å². The van der Waals surface area contributed by atoms with Gasteiger partial charge in [0, 0.05) is 4.88 Å². The molecule has 2 heterocycles. The zero-order chi connectivity index (χ0) is 20.5. The van der Waals surface area contributed by atoms with Crippen LogP contribution in [-0.2, 0) is 9.59 Å². The smallest absolute Gasteiger partial charge is 0.282 e. The summed E-state index contributed by atoms with van der Waals surface area (Å²) in [5.74, 6) is -0.113. The van der Waals surface area contributed by atoms with Crippen LogP contribution in [-0.4, -0.2) is 18.9 Å². The third-order valence-electron chi connectivity index (χ3n) is 4.82. The fourth-order valence-corrected chi connectivity index (χ4v) is 4.12. The molecule has 1 aliphatic heterocycles. The van der Waals surface area contributed by atoms with Gasteiger partial charge in [-0.1, -0.05) is 30.3 Å². The van der Waals surface area contributed by atoms with Gasteiger partial charge in [-0.15, -0.1) is 11.3 Å². The second-order valence-electron chi connectivity index (χ2n) is 6.79. The lowest BCUT2D eigenvalue weighted by Crippen LogP contribution is -2.33. The number of para-hydroxylation sites is 2. The number of hydrogen-bond acceptors (Lipinski definition) is 5. The number of benzene rings is 2. The minimum atomic E-state index is -0.377. The van der Waals surface area contributed by atoms with Gasteiger partial charge < -0.3 is 10.1 Å². The molecule has 2 amide bonds. The molecule has 3 aromatic rings. The first-order valence-corrected chi connectivity index (χ1v) is 10.0. The van der Waals surface area contributed by atoms with E-state index in [2.05, 4.69) is 5.32 Å². The average molecular weight is 404 g/mol. The molecule has 0 saturated carbocycles. The fraction of sp³-hybridized carbons (Fsp3) is 0.130. The van der Waals surface area contributed by atoms with E-state index < -0.39 is 0 Å². The summed E-state index contributed by atoms with van der Waals surface area (Å²) in [4.78, 5) is 28.9. The Hall–Kier alpha value is -3.38. The number of nitrogens with one attached hydrogen (secondary N) is 1. The number of nitrogens with zero attached hydrogens (tertiary/aromatic N) is 1. The molecule has 0 unspecified atom stereocenters. The largest absolute Gasteiger partial charge is 0.495 e. The maximum Gasteiger partial charge on any atom is 0.282 e. The van der Waals surface area contributed by atoms with Gasteiger partial charge in [0.2, 0.25) is 0 Å². The molecule has 146 valence electrons. The van der Waals surface area contributed by atoms with Crippen LogP contribution in [0.3, 0.4) is 0 Å². The van der Waals surface area contributed by atoms with E-state index in [9.17, 15) is 9.59 Å². The molecule has 0 bridgehead atoms. The summed E-state index contributed by atoms with van der Waals surface area (Å²) in [6.45, 7) is 3.83. The predicted octanol–water partition coefficient (Wildman–Crippen LogP) is 4.77. The van der Waals surface area contributed by atoms with E-state index in [1.165, 1.54) is 16.2 Å². The number of carbonyl (C=O) groups is 2. The summed E-state index contributed by atoms with van der Waals surface area (Å²) in [6.07, 6.45) is 0. The van der Waals surface area contributed by atoms with Crippen LogP contribution in [0.25, 0.3) is 5.57 Å². The van der Waals surface area contributed by atoms with Crippen LogP contribution >= 0.6 is 11.3 Å². The molecule has 0 fully saturated rings. The number of aryl methyl sites for hydroxylation is 2. The van der Waals surface area contributed by atoms with Crippen molar-refractivity contribution in [3.63, 3.8) is 0 Å². The molecule has 0 spiro atoms. The number of anilines is 2. The summed E-state index contributed by atoms with van der Waals surface area (Å²) in [5.41, 5.74) is 3.70. The van der Waals surface area contributed by atoms with Gasteiger partial charge in [-0.2, -0.15) is 0 Å². The lowest BCUT2D eigenvalue weighted by molar-refractivity contribution is -0.120. The van der Waals surface area contributed by atoms with Gasteiger partial charge in [0.25, 0.3) is 11.8 Å². The van der Waals surface area contributed by atoms with Crippen molar-refractivity contribution in [2.24, 2.45) is 0 Å². The standard InChI is InChI=1S/C23H20N2O3S/c1-14-10-11-15(2)17(13-14)25-22(26)20(19-9-6-12-29-19)21(23(25)27)24-16-7-4-5-8-18(16)28-3/h4-13,24H,1-3H3. The molecule has 1 N–H and O–H groups in total. The van der Waals surface area contributed by atoms with Gasteiger partial charge in [0.1, 0.15) is 11.4 Å². The first-order valence-electron chi connectivity index (χ1n) is 9.15. The quantitative estimate of drug-likeness (QED) is 0.623. The third kappa shape index (κ3) is 3.32. The van der Waals surface area contributed by atoms with Crippen molar-refractivity contribution in [3.8, 4) is 5.75 Å². The molecule has 0 atom stereocenters. The summed E-state index contributed by atoms with van der Waals surface area (Å²) >= 11 is 1.43. The van der Waals surface area contributed by atoms with E-state index in [1.54, 1.807) is 13.2 Å². The number of hydrogen-bond donors (Lipinski definition) is 1. The van der Waals surface area contributed by atoms with Gasteiger partial charge in [-0.05, 0) is 54.6 Å². The monoisotopic (exact) mass is 404 g/mol. The Morgan fingerprint density at radius 1 is 0.966 bits per heavy atom. The molecular formula is C23H20N2O3S.